The average Bonchev–Trinajstić information content (AvgIpc) is 2.83. The van der Waals surface area contributed by atoms with Gasteiger partial charge in [0.25, 0.3) is 11.8 Å². The number of nitrogens with one attached hydrogen (secondary N) is 2. The summed E-state index contributed by atoms with van der Waals surface area (Å²) in [6.45, 7) is 0. The van der Waals surface area contributed by atoms with Gasteiger partial charge in [-0.15, -0.1) is 0 Å². The van der Waals surface area contributed by atoms with Crippen molar-refractivity contribution in [3.8, 4) is 17.2 Å². The van der Waals surface area contributed by atoms with E-state index in [9.17, 15) is 9.59 Å². The Hall–Kier alpha value is -4.60. The fraction of sp³-hybridized carbons (Fsp3) is 0.130. The van der Waals surface area contributed by atoms with E-state index in [1.165, 1.54) is 51.9 Å². The van der Waals surface area contributed by atoms with Crippen LogP contribution in [0.4, 0.5) is 11.4 Å². The second kappa shape index (κ2) is 10.1. The smallest absolute Gasteiger partial charge is 0.265 e. The van der Waals surface area contributed by atoms with E-state index in [2.05, 4.69) is 10.3 Å². The van der Waals surface area contributed by atoms with Gasteiger partial charge in [-0.3, -0.25) is 20.0 Å². The molecule has 3 rings (SSSR count). The summed E-state index contributed by atoms with van der Waals surface area (Å²) in [5.41, 5.74) is 7.04. The molecule has 0 radical (unpaired) electrons. The van der Waals surface area contributed by atoms with Crippen LogP contribution in [0.15, 0.2) is 60.9 Å². The Morgan fingerprint density at radius 3 is 2.12 bits per heavy atom. The summed E-state index contributed by atoms with van der Waals surface area (Å²) in [6.07, 6.45) is 3.03. The van der Waals surface area contributed by atoms with E-state index in [0.29, 0.717) is 17.0 Å². The lowest BCUT2D eigenvalue weighted by Crippen LogP contribution is -2.41. The quantitative estimate of drug-likeness (QED) is 0.372. The van der Waals surface area contributed by atoms with Gasteiger partial charge in [-0.05, 0) is 42.5 Å². The molecule has 2 amide bonds. The number of carbonyl (C=O) groups excluding carboxylic acids is 2. The first-order valence-electron chi connectivity index (χ1n) is 9.69. The van der Waals surface area contributed by atoms with Crippen LogP contribution in [0, 0.1) is 5.41 Å². The zero-order valence-electron chi connectivity index (χ0n) is 18.3. The molecule has 0 saturated carbocycles. The second-order valence-corrected chi connectivity index (χ2v) is 6.68. The number of hydrogen-bond donors (Lipinski definition) is 3. The number of methoxy groups -OCH3 is 3. The Labute approximate surface area is 190 Å². The van der Waals surface area contributed by atoms with Crippen LogP contribution in [0.1, 0.15) is 20.7 Å². The maximum atomic E-state index is 13.3. The third-order valence-corrected chi connectivity index (χ3v) is 4.66. The molecular formula is C23H23N5O5. The number of guanidine groups is 1. The van der Waals surface area contributed by atoms with Gasteiger partial charge in [-0.25, -0.2) is 4.90 Å². The molecule has 170 valence electrons. The van der Waals surface area contributed by atoms with Gasteiger partial charge in [-0.1, -0.05) is 6.07 Å². The number of benzene rings is 2. The van der Waals surface area contributed by atoms with Crippen molar-refractivity contribution in [3.05, 3.63) is 72.1 Å². The number of ether oxygens (including phenoxy) is 3. The lowest BCUT2D eigenvalue weighted by atomic mass is 10.1. The van der Waals surface area contributed by atoms with Gasteiger partial charge in [0.15, 0.2) is 17.5 Å². The van der Waals surface area contributed by atoms with E-state index in [4.69, 9.17) is 25.4 Å². The van der Waals surface area contributed by atoms with Crippen LogP contribution >= 0.6 is 0 Å². The molecule has 0 aliphatic carbocycles. The third kappa shape index (κ3) is 5.01. The first-order valence-corrected chi connectivity index (χ1v) is 9.69. The number of amides is 2. The van der Waals surface area contributed by atoms with Gasteiger partial charge in [0.05, 0.1) is 27.0 Å². The van der Waals surface area contributed by atoms with Crippen LogP contribution in [0.3, 0.4) is 0 Å². The zero-order chi connectivity index (χ0) is 24.0. The predicted octanol–water partition coefficient (Wildman–Crippen LogP) is 2.90. The molecule has 0 spiro atoms. The SMILES string of the molecule is COc1cc(C(=O)N(C(=N)N)c2cccc(NC(=O)c3ccncc3)c2)cc(OC)c1OC. The molecule has 10 heteroatoms. The number of hydrogen-bond acceptors (Lipinski definition) is 7. The molecule has 0 saturated heterocycles. The maximum absolute atomic E-state index is 13.3. The third-order valence-electron chi connectivity index (χ3n) is 4.66. The van der Waals surface area contributed by atoms with Crippen LogP contribution < -0.4 is 30.2 Å². The van der Waals surface area contributed by atoms with E-state index in [1.807, 2.05) is 0 Å². The van der Waals surface area contributed by atoms with Crippen molar-refractivity contribution in [2.75, 3.05) is 31.5 Å². The lowest BCUT2D eigenvalue weighted by molar-refractivity contribution is 0.0999. The highest BCUT2D eigenvalue weighted by Crippen LogP contribution is 2.38. The molecule has 33 heavy (non-hydrogen) atoms. The molecule has 0 bridgehead atoms. The van der Waals surface area contributed by atoms with Gasteiger partial charge < -0.3 is 25.3 Å². The number of anilines is 2. The molecule has 3 aromatic rings. The molecule has 10 nitrogen and oxygen atoms in total. The normalized spacial score (nSPS) is 10.2. The molecule has 1 aromatic heterocycles. The minimum absolute atomic E-state index is 0.158. The Morgan fingerprint density at radius 1 is 0.939 bits per heavy atom. The van der Waals surface area contributed by atoms with Crippen LogP contribution in [0.2, 0.25) is 0 Å². The number of pyridine rings is 1. The van der Waals surface area contributed by atoms with Crippen molar-refractivity contribution in [3.63, 3.8) is 0 Å². The summed E-state index contributed by atoms with van der Waals surface area (Å²) in [5.74, 6) is -0.568. The molecular weight excluding hydrogens is 426 g/mol. The van der Waals surface area contributed by atoms with E-state index in [1.54, 1.807) is 30.3 Å². The van der Waals surface area contributed by atoms with E-state index >= 15 is 0 Å². The second-order valence-electron chi connectivity index (χ2n) is 6.68. The minimum Gasteiger partial charge on any atom is -0.493 e. The van der Waals surface area contributed by atoms with Crippen molar-refractivity contribution in [2.24, 2.45) is 5.73 Å². The van der Waals surface area contributed by atoms with Crippen molar-refractivity contribution >= 4 is 29.1 Å². The largest absolute Gasteiger partial charge is 0.493 e. The first kappa shape index (κ1) is 23.1. The predicted molar refractivity (Wildman–Crippen MR) is 123 cm³/mol. The number of aromatic nitrogens is 1. The minimum atomic E-state index is -0.598. The topological polar surface area (TPSA) is 140 Å². The van der Waals surface area contributed by atoms with Crippen LogP contribution in [0.5, 0.6) is 17.2 Å². The van der Waals surface area contributed by atoms with Gasteiger partial charge in [0.1, 0.15) is 0 Å². The average molecular weight is 449 g/mol. The monoisotopic (exact) mass is 449 g/mol. The van der Waals surface area contributed by atoms with E-state index in [-0.39, 0.29) is 28.7 Å². The van der Waals surface area contributed by atoms with Crippen molar-refractivity contribution in [2.45, 2.75) is 0 Å². The van der Waals surface area contributed by atoms with E-state index in [0.717, 1.165) is 4.90 Å². The summed E-state index contributed by atoms with van der Waals surface area (Å²) in [4.78, 5) is 30.7. The standard InChI is InChI=1S/C23H23N5O5/c1-31-18-11-15(12-19(32-2)20(18)33-3)22(30)28(23(24)25)17-6-4-5-16(13-17)27-21(29)14-7-9-26-10-8-14/h4-13H,1-3H3,(H3,24,25)(H,27,29). The first-order chi connectivity index (χ1) is 15.9. The summed E-state index contributed by atoms with van der Waals surface area (Å²) in [5, 5.41) is 10.7. The Balaban J connectivity index is 1.95. The summed E-state index contributed by atoms with van der Waals surface area (Å²) >= 11 is 0. The van der Waals surface area contributed by atoms with Crippen LogP contribution in [-0.2, 0) is 0 Å². The molecule has 0 unspecified atom stereocenters. The van der Waals surface area contributed by atoms with E-state index < -0.39 is 11.9 Å². The van der Waals surface area contributed by atoms with Gasteiger partial charge in [-0.2, -0.15) is 0 Å². The lowest BCUT2D eigenvalue weighted by Gasteiger charge is -2.22. The summed E-state index contributed by atoms with van der Waals surface area (Å²) in [6, 6.07) is 12.5. The van der Waals surface area contributed by atoms with Crippen LogP contribution in [0.25, 0.3) is 0 Å². The number of carbonyl (C=O) groups is 2. The highest BCUT2D eigenvalue weighted by molar-refractivity contribution is 6.21. The van der Waals surface area contributed by atoms with Crippen molar-refractivity contribution in [1.82, 2.24) is 4.98 Å². The Kier molecular flexibility index (Phi) is 7.09. The number of nitrogens with zero attached hydrogens (tertiary/aromatic N) is 2. The number of nitrogens with two attached hydrogens (primary N) is 1. The highest BCUT2D eigenvalue weighted by Gasteiger charge is 2.24. The molecule has 0 aliphatic rings. The zero-order valence-corrected chi connectivity index (χ0v) is 18.3. The maximum Gasteiger partial charge on any atom is 0.265 e. The van der Waals surface area contributed by atoms with Crippen molar-refractivity contribution < 1.29 is 23.8 Å². The fourth-order valence-electron chi connectivity index (χ4n) is 3.13. The highest BCUT2D eigenvalue weighted by atomic mass is 16.5. The number of rotatable bonds is 7. The molecule has 0 atom stereocenters. The molecule has 2 aromatic carbocycles. The van der Waals surface area contributed by atoms with Gasteiger partial charge in [0.2, 0.25) is 5.75 Å². The van der Waals surface area contributed by atoms with Gasteiger partial charge in [0, 0.05) is 29.2 Å². The van der Waals surface area contributed by atoms with Gasteiger partial charge >= 0.3 is 0 Å². The Morgan fingerprint density at radius 2 is 1.58 bits per heavy atom. The van der Waals surface area contributed by atoms with Crippen molar-refractivity contribution in [1.29, 1.82) is 5.41 Å². The Bertz CT molecular complexity index is 1160. The van der Waals surface area contributed by atoms with Crippen LogP contribution in [-0.4, -0.2) is 44.1 Å². The molecule has 0 fully saturated rings. The summed E-state index contributed by atoms with van der Waals surface area (Å²) < 4.78 is 15.9. The molecule has 0 aliphatic heterocycles. The summed E-state index contributed by atoms with van der Waals surface area (Å²) in [7, 11) is 4.32. The fourth-order valence-corrected chi connectivity index (χ4v) is 3.13. The molecule has 1 heterocycles. The molecule has 4 N–H and O–H groups in total.